The van der Waals surface area contributed by atoms with Crippen molar-refractivity contribution in [3.63, 3.8) is 0 Å². The Morgan fingerprint density at radius 1 is 1.50 bits per heavy atom. The highest BCUT2D eigenvalue weighted by atomic mass is 16.5. The summed E-state index contributed by atoms with van der Waals surface area (Å²) in [5.41, 5.74) is 0.450. The molecule has 0 saturated heterocycles. The fourth-order valence-corrected chi connectivity index (χ4v) is 1.20. The van der Waals surface area contributed by atoms with Crippen LogP contribution in [0.5, 0.6) is 0 Å². The maximum atomic E-state index is 9.65. The van der Waals surface area contributed by atoms with Crippen LogP contribution in [0, 0.1) is 0 Å². The van der Waals surface area contributed by atoms with E-state index in [1.165, 1.54) is 5.57 Å². The molecule has 1 N–H and O–H groups in total. The Kier molecular flexibility index (Phi) is 3.90. The molecular formula is C12H20O2. The van der Waals surface area contributed by atoms with E-state index in [0.717, 1.165) is 12.8 Å². The van der Waals surface area contributed by atoms with Crippen molar-refractivity contribution in [2.24, 2.45) is 0 Å². The van der Waals surface area contributed by atoms with Crippen molar-refractivity contribution in [2.75, 3.05) is 6.61 Å². The van der Waals surface area contributed by atoms with Gasteiger partial charge in [-0.1, -0.05) is 18.2 Å². The molecule has 2 heteroatoms. The van der Waals surface area contributed by atoms with E-state index in [2.05, 4.69) is 18.2 Å². The van der Waals surface area contributed by atoms with E-state index in [4.69, 9.17) is 4.74 Å². The van der Waals surface area contributed by atoms with E-state index in [1.807, 2.05) is 6.92 Å². The molecule has 0 saturated carbocycles. The molecule has 1 atom stereocenters. The fraction of sp³-hybridized carbons (Fsp3) is 0.667. The molecule has 0 amide bonds. The van der Waals surface area contributed by atoms with Crippen LogP contribution >= 0.6 is 0 Å². The third kappa shape index (κ3) is 3.64. The minimum Gasteiger partial charge on any atom is -0.388 e. The predicted octanol–water partition coefficient (Wildman–Crippen LogP) is 2.44. The van der Waals surface area contributed by atoms with E-state index in [-0.39, 0.29) is 6.10 Å². The van der Waals surface area contributed by atoms with Gasteiger partial charge < -0.3 is 9.84 Å². The summed E-state index contributed by atoms with van der Waals surface area (Å²) in [6.45, 7) is 6.03. The number of rotatable bonds is 4. The van der Waals surface area contributed by atoms with Crippen LogP contribution in [0.15, 0.2) is 23.8 Å². The van der Waals surface area contributed by atoms with Crippen LogP contribution in [0.4, 0.5) is 0 Å². The zero-order valence-electron chi connectivity index (χ0n) is 9.29. The second-order valence-corrected chi connectivity index (χ2v) is 4.37. The van der Waals surface area contributed by atoms with Crippen molar-refractivity contribution in [1.29, 1.82) is 0 Å². The van der Waals surface area contributed by atoms with Gasteiger partial charge >= 0.3 is 0 Å². The largest absolute Gasteiger partial charge is 0.388 e. The molecule has 0 aromatic carbocycles. The van der Waals surface area contributed by atoms with E-state index >= 15 is 0 Å². The number of hydrogen-bond donors (Lipinski definition) is 1. The summed E-state index contributed by atoms with van der Waals surface area (Å²) >= 11 is 0. The highest BCUT2D eigenvalue weighted by Gasteiger charge is 2.22. The fourth-order valence-electron chi connectivity index (χ4n) is 1.20. The Hall–Kier alpha value is -0.600. The molecule has 2 nitrogen and oxygen atoms in total. The first-order valence-corrected chi connectivity index (χ1v) is 5.19. The van der Waals surface area contributed by atoms with Gasteiger partial charge in [-0.3, -0.25) is 0 Å². The third-order valence-corrected chi connectivity index (χ3v) is 2.57. The molecule has 1 aliphatic rings. The second-order valence-electron chi connectivity index (χ2n) is 4.37. The van der Waals surface area contributed by atoms with Crippen molar-refractivity contribution in [2.45, 2.75) is 45.3 Å². The topological polar surface area (TPSA) is 29.5 Å². The predicted molar refractivity (Wildman–Crippen MR) is 58.2 cm³/mol. The molecule has 1 aliphatic carbocycles. The summed E-state index contributed by atoms with van der Waals surface area (Å²) in [5, 5.41) is 9.65. The van der Waals surface area contributed by atoms with Gasteiger partial charge in [0.05, 0.1) is 18.3 Å². The monoisotopic (exact) mass is 196 g/mol. The first-order valence-electron chi connectivity index (χ1n) is 5.19. The molecule has 0 bridgehead atoms. The Balaban J connectivity index is 2.33. The van der Waals surface area contributed by atoms with Crippen LogP contribution in [0.2, 0.25) is 0 Å². The first kappa shape index (κ1) is 11.5. The smallest absolute Gasteiger partial charge is 0.0849 e. The summed E-state index contributed by atoms with van der Waals surface area (Å²) in [5.74, 6) is 0. The zero-order valence-corrected chi connectivity index (χ0v) is 9.29. The number of hydrogen-bond acceptors (Lipinski definition) is 2. The normalized spacial score (nSPS) is 19.3. The highest BCUT2D eigenvalue weighted by Crippen LogP contribution is 2.15. The van der Waals surface area contributed by atoms with Gasteiger partial charge in [0.2, 0.25) is 0 Å². The van der Waals surface area contributed by atoms with Crippen LogP contribution in [-0.4, -0.2) is 23.4 Å². The van der Waals surface area contributed by atoms with Crippen molar-refractivity contribution >= 4 is 0 Å². The van der Waals surface area contributed by atoms with Gasteiger partial charge in [0.25, 0.3) is 0 Å². The van der Waals surface area contributed by atoms with Crippen LogP contribution in [-0.2, 0) is 4.74 Å². The van der Waals surface area contributed by atoms with Crippen molar-refractivity contribution in [1.82, 2.24) is 0 Å². The van der Waals surface area contributed by atoms with Crippen molar-refractivity contribution < 1.29 is 9.84 Å². The maximum absolute atomic E-state index is 9.65. The van der Waals surface area contributed by atoms with E-state index in [0.29, 0.717) is 6.61 Å². The quantitative estimate of drug-likeness (QED) is 0.748. The summed E-state index contributed by atoms with van der Waals surface area (Å²) in [4.78, 5) is 0. The second kappa shape index (κ2) is 4.76. The van der Waals surface area contributed by atoms with E-state index in [1.54, 1.807) is 13.8 Å². The average molecular weight is 196 g/mol. The molecule has 0 heterocycles. The molecule has 0 unspecified atom stereocenters. The van der Waals surface area contributed by atoms with Crippen molar-refractivity contribution in [3.8, 4) is 0 Å². The lowest BCUT2D eigenvalue weighted by Crippen LogP contribution is -2.36. The van der Waals surface area contributed by atoms with Gasteiger partial charge in [-0.05, 0) is 39.2 Å². The Labute approximate surface area is 86.3 Å². The van der Waals surface area contributed by atoms with E-state index < -0.39 is 5.60 Å². The molecule has 0 aromatic heterocycles. The lowest BCUT2D eigenvalue weighted by molar-refractivity contribution is -0.0717. The number of allylic oxidation sites excluding steroid dienone is 2. The first-order chi connectivity index (χ1) is 6.50. The van der Waals surface area contributed by atoms with Gasteiger partial charge in [0, 0.05) is 0 Å². The summed E-state index contributed by atoms with van der Waals surface area (Å²) in [7, 11) is 0. The molecular weight excluding hydrogens is 176 g/mol. The molecule has 1 rings (SSSR count). The summed E-state index contributed by atoms with van der Waals surface area (Å²) in [6.07, 6.45) is 8.54. The molecule has 80 valence electrons. The molecule has 0 radical (unpaired) electrons. The summed E-state index contributed by atoms with van der Waals surface area (Å²) in [6, 6.07) is 0. The Morgan fingerprint density at radius 3 is 2.71 bits per heavy atom. The standard InChI is InChI=1S/C12H20O2/c1-10(12(2,3)13)14-9-11-7-5-4-6-8-11/h5,7-8,10,13H,4,6,9H2,1-3H3/t10-/m0/s1. The molecule has 14 heavy (non-hydrogen) atoms. The van der Waals surface area contributed by atoms with Gasteiger partial charge in [-0.25, -0.2) is 0 Å². The van der Waals surface area contributed by atoms with Crippen LogP contribution in [0.3, 0.4) is 0 Å². The Morgan fingerprint density at radius 2 is 2.21 bits per heavy atom. The summed E-state index contributed by atoms with van der Waals surface area (Å²) < 4.78 is 5.58. The van der Waals surface area contributed by atoms with Crippen LogP contribution in [0.25, 0.3) is 0 Å². The van der Waals surface area contributed by atoms with Gasteiger partial charge in [-0.15, -0.1) is 0 Å². The number of ether oxygens (including phenoxy) is 1. The van der Waals surface area contributed by atoms with Gasteiger partial charge in [0.15, 0.2) is 0 Å². The van der Waals surface area contributed by atoms with E-state index in [9.17, 15) is 5.11 Å². The van der Waals surface area contributed by atoms with Gasteiger partial charge in [-0.2, -0.15) is 0 Å². The molecule has 0 aromatic rings. The molecule has 0 spiro atoms. The lowest BCUT2D eigenvalue weighted by atomic mass is 10.0. The maximum Gasteiger partial charge on any atom is 0.0849 e. The van der Waals surface area contributed by atoms with Crippen molar-refractivity contribution in [3.05, 3.63) is 23.8 Å². The van der Waals surface area contributed by atoms with Crippen LogP contribution in [0.1, 0.15) is 33.6 Å². The van der Waals surface area contributed by atoms with Gasteiger partial charge in [0.1, 0.15) is 0 Å². The van der Waals surface area contributed by atoms with Crippen LogP contribution < -0.4 is 0 Å². The molecule has 0 fully saturated rings. The number of aliphatic hydroxyl groups is 1. The highest BCUT2D eigenvalue weighted by molar-refractivity contribution is 5.22. The third-order valence-electron chi connectivity index (χ3n) is 2.57. The minimum atomic E-state index is -0.765. The average Bonchev–Trinajstić information content (AvgIpc) is 2.14. The SMILES string of the molecule is C[C@H](OCC1=CCCC=C1)C(C)(C)O. The Bertz CT molecular complexity index is 233. The lowest BCUT2D eigenvalue weighted by Gasteiger charge is -2.26. The molecule has 0 aliphatic heterocycles. The minimum absolute atomic E-state index is 0.140. The zero-order chi connectivity index (χ0) is 10.6.